The molecule has 0 amide bonds. The van der Waals surface area contributed by atoms with Crippen LogP contribution in [0.5, 0.6) is 11.5 Å². The maximum Gasteiger partial charge on any atom is 0.363 e. The third-order valence-corrected chi connectivity index (χ3v) is 5.58. The van der Waals surface area contributed by atoms with Gasteiger partial charge >= 0.3 is 5.97 Å². The Hall–Kier alpha value is -2.91. The smallest absolute Gasteiger partial charge is 0.363 e. The Kier molecular flexibility index (Phi) is 6.76. The second-order valence-electron chi connectivity index (χ2n) is 6.79. The number of carbonyl (C=O) groups is 1. The number of benzene rings is 3. The highest BCUT2D eigenvalue weighted by atomic mass is 127. The lowest BCUT2D eigenvalue weighted by atomic mass is 10.1. The van der Waals surface area contributed by atoms with Gasteiger partial charge in [0.05, 0.1) is 17.7 Å². The molecule has 0 bridgehead atoms. The predicted octanol–water partition coefficient (Wildman–Crippen LogP) is 6.02. The molecule has 1 heterocycles. The number of aliphatic imine (C=N–C) groups is 1. The Bertz CT molecular complexity index is 1240. The topological polar surface area (TPSA) is 57.1 Å². The highest BCUT2D eigenvalue weighted by molar-refractivity contribution is 14.1. The summed E-state index contributed by atoms with van der Waals surface area (Å²) in [5.74, 6) is 0.297. The summed E-state index contributed by atoms with van der Waals surface area (Å²) in [6.45, 7) is 0.258. The van der Waals surface area contributed by atoms with Gasteiger partial charge in [-0.15, -0.1) is 0 Å². The molecule has 8 heteroatoms. The van der Waals surface area contributed by atoms with Crippen LogP contribution in [0.2, 0.25) is 5.02 Å². The van der Waals surface area contributed by atoms with E-state index in [1.165, 1.54) is 19.2 Å². The minimum atomic E-state index is -0.564. The molecule has 162 valence electrons. The van der Waals surface area contributed by atoms with Gasteiger partial charge < -0.3 is 14.2 Å². The molecular weight excluding hydrogens is 548 g/mol. The zero-order chi connectivity index (χ0) is 22.7. The van der Waals surface area contributed by atoms with Crippen LogP contribution in [0.15, 0.2) is 71.4 Å². The molecule has 0 fully saturated rings. The molecule has 3 aromatic carbocycles. The Morgan fingerprint density at radius 1 is 1.09 bits per heavy atom. The first-order chi connectivity index (χ1) is 15.4. The molecule has 0 aliphatic carbocycles. The summed E-state index contributed by atoms with van der Waals surface area (Å²) in [6.07, 6.45) is 1.60. The Morgan fingerprint density at radius 2 is 1.88 bits per heavy atom. The number of esters is 1. The number of cyclic esters (lactones) is 1. The number of hydrogen-bond acceptors (Lipinski definition) is 5. The van der Waals surface area contributed by atoms with Crippen molar-refractivity contribution in [3.8, 4) is 11.5 Å². The molecule has 5 nitrogen and oxygen atoms in total. The van der Waals surface area contributed by atoms with Crippen LogP contribution in [0.3, 0.4) is 0 Å². The van der Waals surface area contributed by atoms with E-state index in [1.54, 1.807) is 48.5 Å². The van der Waals surface area contributed by atoms with Crippen molar-refractivity contribution in [2.45, 2.75) is 6.61 Å². The van der Waals surface area contributed by atoms with Crippen LogP contribution in [0, 0.1) is 9.39 Å². The van der Waals surface area contributed by atoms with E-state index in [0.717, 1.165) is 9.13 Å². The van der Waals surface area contributed by atoms with E-state index >= 15 is 0 Å². The maximum absolute atomic E-state index is 13.1. The molecule has 1 aliphatic rings. The average molecular weight is 564 g/mol. The van der Waals surface area contributed by atoms with E-state index in [0.29, 0.717) is 27.6 Å². The van der Waals surface area contributed by atoms with Crippen molar-refractivity contribution < 1.29 is 23.4 Å². The van der Waals surface area contributed by atoms with Crippen LogP contribution in [-0.2, 0) is 16.1 Å². The van der Waals surface area contributed by atoms with Crippen LogP contribution in [-0.4, -0.2) is 19.0 Å². The molecule has 1 aliphatic heterocycles. The lowest BCUT2D eigenvalue weighted by Crippen LogP contribution is -2.06. The van der Waals surface area contributed by atoms with E-state index in [4.69, 9.17) is 25.8 Å². The summed E-state index contributed by atoms with van der Waals surface area (Å²) in [6, 6.07) is 16.7. The number of nitrogens with zero attached hydrogens (tertiary/aromatic N) is 1. The number of hydrogen-bond donors (Lipinski definition) is 0. The fourth-order valence-corrected chi connectivity index (χ4v) is 3.67. The lowest BCUT2D eigenvalue weighted by Gasteiger charge is -2.11. The molecule has 0 radical (unpaired) electrons. The van der Waals surface area contributed by atoms with Crippen LogP contribution in [0.4, 0.5) is 4.39 Å². The molecule has 0 saturated heterocycles. The van der Waals surface area contributed by atoms with Gasteiger partial charge in [0.2, 0.25) is 5.90 Å². The van der Waals surface area contributed by atoms with Crippen LogP contribution >= 0.6 is 34.2 Å². The van der Waals surface area contributed by atoms with Crippen LogP contribution in [0.25, 0.3) is 6.08 Å². The van der Waals surface area contributed by atoms with E-state index in [2.05, 4.69) is 27.6 Å². The van der Waals surface area contributed by atoms with Crippen molar-refractivity contribution in [1.82, 2.24) is 0 Å². The van der Waals surface area contributed by atoms with Crippen molar-refractivity contribution >= 4 is 52.1 Å². The SMILES string of the molecule is COc1cc(/C=C2\N=C(c3cc(I)ccc3Cl)OC2=O)ccc1OCc1ccc(F)cc1. The fraction of sp³-hybridized carbons (Fsp3) is 0.0833. The molecule has 4 rings (SSSR count). The second kappa shape index (κ2) is 9.70. The normalized spacial score (nSPS) is 14.3. The molecular formula is C24H16ClFINO4. The molecule has 0 atom stereocenters. The van der Waals surface area contributed by atoms with Gasteiger partial charge in [-0.3, -0.25) is 0 Å². The van der Waals surface area contributed by atoms with Crippen molar-refractivity contribution in [3.63, 3.8) is 0 Å². The van der Waals surface area contributed by atoms with Crippen LogP contribution in [0.1, 0.15) is 16.7 Å². The van der Waals surface area contributed by atoms with Gasteiger partial charge in [0.1, 0.15) is 12.4 Å². The summed E-state index contributed by atoms with van der Waals surface area (Å²) in [4.78, 5) is 16.6. The van der Waals surface area contributed by atoms with Gasteiger partial charge in [0.15, 0.2) is 17.2 Å². The van der Waals surface area contributed by atoms with Gasteiger partial charge in [0, 0.05) is 3.57 Å². The zero-order valence-electron chi connectivity index (χ0n) is 16.8. The van der Waals surface area contributed by atoms with Crippen molar-refractivity contribution in [2.75, 3.05) is 7.11 Å². The Morgan fingerprint density at radius 3 is 2.62 bits per heavy atom. The first-order valence-electron chi connectivity index (χ1n) is 9.46. The molecule has 0 spiro atoms. The quantitative estimate of drug-likeness (QED) is 0.209. The average Bonchev–Trinajstić information content (AvgIpc) is 3.15. The first kappa shape index (κ1) is 22.3. The van der Waals surface area contributed by atoms with Gasteiger partial charge in [-0.2, -0.15) is 0 Å². The highest BCUT2D eigenvalue weighted by Crippen LogP contribution is 2.31. The van der Waals surface area contributed by atoms with Gasteiger partial charge in [-0.25, -0.2) is 14.2 Å². The van der Waals surface area contributed by atoms with Crippen LogP contribution < -0.4 is 9.47 Å². The molecule has 0 aromatic heterocycles. The maximum atomic E-state index is 13.1. The second-order valence-corrected chi connectivity index (χ2v) is 8.44. The van der Waals surface area contributed by atoms with Crippen molar-refractivity contribution in [1.29, 1.82) is 0 Å². The number of ether oxygens (including phenoxy) is 3. The largest absolute Gasteiger partial charge is 0.493 e. The lowest BCUT2D eigenvalue weighted by molar-refractivity contribution is -0.129. The standard InChI is InChI=1S/C24H16ClFINO4/c1-30-22-11-15(4-9-21(22)31-13-14-2-5-16(26)6-3-14)10-20-24(29)32-23(28-20)18-12-17(27)7-8-19(18)25/h2-12H,13H2,1H3/b20-10-. The first-order valence-corrected chi connectivity index (χ1v) is 10.9. The van der Waals surface area contributed by atoms with Gasteiger partial charge in [-0.05, 0) is 82.3 Å². The summed E-state index contributed by atoms with van der Waals surface area (Å²) < 4.78 is 30.5. The fourth-order valence-electron chi connectivity index (χ4n) is 2.98. The number of methoxy groups -OCH3 is 1. The minimum absolute atomic E-state index is 0.150. The van der Waals surface area contributed by atoms with Gasteiger partial charge in [-0.1, -0.05) is 29.8 Å². The monoisotopic (exact) mass is 563 g/mol. The highest BCUT2D eigenvalue weighted by Gasteiger charge is 2.26. The molecule has 0 unspecified atom stereocenters. The van der Waals surface area contributed by atoms with E-state index in [-0.39, 0.29) is 24.0 Å². The van der Waals surface area contributed by atoms with Crippen molar-refractivity contribution in [2.24, 2.45) is 4.99 Å². The Labute approximate surface area is 202 Å². The van der Waals surface area contributed by atoms with E-state index < -0.39 is 5.97 Å². The molecule has 3 aromatic rings. The minimum Gasteiger partial charge on any atom is -0.493 e. The summed E-state index contributed by atoms with van der Waals surface area (Å²) in [5.41, 5.74) is 2.21. The summed E-state index contributed by atoms with van der Waals surface area (Å²) >= 11 is 8.38. The molecule has 32 heavy (non-hydrogen) atoms. The Balaban J connectivity index is 1.55. The third-order valence-electron chi connectivity index (χ3n) is 4.58. The van der Waals surface area contributed by atoms with E-state index in [1.807, 2.05) is 6.07 Å². The third kappa shape index (κ3) is 5.11. The predicted molar refractivity (Wildman–Crippen MR) is 129 cm³/mol. The zero-order valence-corrected chi connectivity index (χ0v) is 19.7. The van der Waals surface area contributed by atoms with Crippen molar-refractivity contribution in [3.05, 3.63) is 97.5 Å². The number of carbonyl (C=O) groups excluding carboxylic acids is 1. The summed E-state index contributed by atoms with van der Waals surface area (Å²) in [5, 5.41) is 0.447. The number of halogens is 3. The molecule has 0 N–H and O–H groups in total. The van der Waals surface area contributed by atoms with E-state index in [9.17, 15) is 9.18 Å². The number of rotatable bonds is 6. The molecule has 0 saturated carbocycles. The summed E-state index contributed by atoms with van der Waals surface area (Å²) in [7, 11) is 1.52. The van der Waals surface area contributed by atoms with Gasteiger partial charge in [0.25, 0.3) is 0 Å².